The maximum atomic E-state index is 4.50. The molecule has 0 fully saturated rings. The molecule has 1 aliphatic heterocycles. The van der Waals surface area contributed by atoms with E-state index in [4.69, 9.17) is 0 Å². The van der Waals surface area contributed by atoms with Crippen molar-refractivity contribution in [2.75, 3.05) is 24.2 Å². The molecular formula is C12H16N2S. The second-order valence-electron chi connectivity index (χ2n) is 3.81. The first kappa shape index (κ1) is 10.6. The van der Waals surface area contributed by atoms with Crippen LogP contribution < -0.4 is 4.90 Å². The molecule has 3 heteroatoms. The van der Waals surface area contributed by atoms with Crippen molar-refractivity contribution in [2.24, 2.45) is 4.99 Å². The van der Waals surface area contributed by atoms with E-state index < -0.39 is 0 Å². The van der Waals surface area contributed by atoms with Crippen LogP contribution in [0.4, 0.5) is 5.69 Å². The minimum atomic E-state index is 0.954. The predicted octanol–water partition coefficient (Wildman–Crippen LogP) is 2.84. The van der Waals surface area contributed by atoms with Gasteiger partial charge >= 0.3 is 0 Å². The summed E-state index contributed by atoms with van der Waals surface area (Å²) in [6, 6.07) is 6.41. The molecule has 2 rings (SSSR count). The molecule has 1 aromatic rings. The van der Waals surface area contributed by atoms with Gasteiger partial charge in [-0.2, -0.15) is 0 Å². The highest BCUT2D eigenvalue weighted by molar-refractivity contribution is 8.14. The van der Waals surface area contributed by atoms with Gasteiger partial charge in [0.2, 0.25) is 0 Å². The maximum Gasteiger partial charge on any atom is 0.163 e. The number of benzene rings is 1. The van der Waals surface area contributed by atoms with Crippen LogP contribution >= 0.6 is 11.8 Å². The Morgan fingerprint density at radius 1 is 1.27 bits per heavy atom. The third-order valence-corrected chi connectivity index (χ3v) is 3.68. The van der Waals surface area contributed by atoms with E-state index in [9.17, 15) is 0 Å². The summed E-state index contributed by atoms with van der Waals surface area (Å²) >= 11 is 1.84. The van der Waals surface area contributed by atoms with E-state index in [2.05, 4.69) is 49.0 Å². The van der Waals surface area contributed by atoms with Crippen LogP contribution in [-0.4, -0.2) is 24.5 Å². The van der Waals surface area contributed by atoms with Crippen LogP contribution in [0.3, 0.4) is 0 Å². The first-order valence-corrected chi connectivity index (χ1v) is 6.16. The molecule has 2 nitrogen and oxygen atoms in total. The van der Waals surface area contributed by atoms with E-state index in [0.717, 1.165) is 17.5 Å². The SMILES string of the molecule is Cc1cccc(C)c1N(C)C1=NCCS1. The standard InChI is InChI=1S/C12H16N2S/c1-9-5-4-6-10(2)11(9)14(3)12-13-7-8-15-12/h4-6H,7-8H2,1-3H3. The number of aliphatic imine (C=N–C) groups is 1. The Labute approximate surface area is 95.4 Å². The molecule has 0 unspecified atom stereocenters. The number of hydrogen-bond acceptors (Lipinski definition) is 3. The predicted molar refractivity (Wildman–Crippen MR) is 69.1 cm³/mol. The van der Waals surface area contributed by atoms with Crippen molar-refractivity contribution in [1.29, 1.82) is 0 Å². The van der Waals surface area contributed by atoms with E-state index in [1.807, 2.05) is 11.8 Å². The Bertz CT molecular complexity index is 378. The zero-order chi connectivity index (χ0) is 10.8. The van der Waals surface area contributed by atoms with Crippen LogP contribution in [-0.2, 0) is 0 Å². The Balaban J connectivity index is 2.36. The fourth-order valence-corrected chi connectivity index (χ4v) is 2.79. The van der Waals surface area contributed by atoms with E-state index in [1.54, 1.807) is 0 Å². The average Bonchev–Trinajstić information content (AvgIpc) is 2.69. The van der Waals surface area contributed by atoms with Crippen LogP contribution in [0.1, 0.15) is 11.1 Å². The van der Waals surface area contributed by atoms with Gasteiger partial charge in [-0.3, -0.25) is 4.99 Å². The zero-order valence-corrected chi connectivity index (χ0v) is 10.3. The van der Waals surface area contributed by atoms with Gasteiger partial charge in [0, 0.05) is 18.5 Å². The Morgan fingerprint density at radius 3 is 2.47 bits per heavy atom. The quantitative estimate of drug-likeness (QED) is 0.723. The van der Waals surface area contributed by atoms with Crippen molar-refractivity contribution in [1.82, 2.24) is 0 Å². The topological polar surface area (TPSA) is 15.6 Å². The van der Waals surface area contributed by atoms with Gasteiger partial charge in [0.1, 0.15) is 0 Å². The van der Waals surface area contributed by atoms with Gasteiger partial charge in [-0.15, -0.1) is 0 Å². The molecular weight excluding hydrogens is 204 g/mol. The minimum Gasteiger partial charge on any atom is -0.324 e. The molecule has 0 radical (unpaired) electrons. The minimum absolute atomic E-state index is 0.954. The average molecular weight is 220 g/mol. The molecule has 80 valence electrons. The first-order chi connectivity index (χ1) is 7.20. The summed E-state index contributed by atoms with van der Waals surface area (Å²) in [4.78, 5) is 6.71. The largest absolute Gasteiger partial charge is 0.324 e. The molecule has 1 aliphatic rings. The third kappa shape index (κ3) is 2.02. The smallest absolute Gasteiger partial charge is 0.163 e. The van der Waals surface area contributed by atoms with E-state index >= 15 is 0 Å². The molecule has 0 N–H and O–H groups in total. The molecule has 0 aromatic heterocycles. The maximum absolute atomic E-state index is 4.50. The summed E-state index contributed by atoms with van der Waals surface area (Å²) < 4.78 is 0. The number of aryl methyl sites for hydroxylation is 2. The van der Waals surface area contributed by atoms with Crippen LogP contribution in [0.15, 0.2) is 23.2 Å². The number of rotatable bonds is 1. The van der Waals surface area contributed by atoms with Gasteiger partial charge in [0.15, 0.2) is 5.17 Å². The number of anilines is 1. The van der Waals surface area contributed by atoms with Crippen molar-refractivity contribution in [2.45, 2.75) is 13.8 Å². The highest BCUT2D eigenvalue weighted by Crippen LogP contribution is 2.27. The van der Waals surface area contributed by atoms with Crippen LogP contribution in [0.2, 0.25) is 0 Å². The lowest BCUT2D eigenvalue weighted by atomic mass is 10.1. The fourth-order valence-electron chi connectivity index (χ4n) is 1.96. The highest BCUT2D eigenvalue weighted by atomic mass is 32.2. The number of amidine groups is 1. The number of para-hydroxylation sites is 1. The van der Waals surface area contributed by atoms with Crippen LogP contribution in [0, 0.1) is 13.8 Å². The lowest BCUT2D eigenvalue weighted by Gasteiger charge is -2.22. The Kier molecular flexibility index (Phi) is 3.00. The van der Waals surface area contributed by atoms with Crippen LogP contribution in [0.25, 0.3) is 0 Å². The summed E-state index contributed by atoms with van der Waals surface area (Å²) in [5.74, 6) is 1.12. The van der Waals surface area contributed by atoms with Gasteiger partial charge in [-0.05, 0) is 25.0 Å². The molecule has 0 amide bonds. The van der Waals surface area contributed by atoms with Gasteiger partial charge in [-0.25, -0.2) is 0 Å². The molecule has 1 aromatic carbocycles. The summed E-state index contributed by atoms with van der Waals surface area (Å²) in [6.07, 6.45) is 0. The van der Waals surface area contributed by atoms with Crippen molar-refractivity contribution < 1.29 is 0 Å². The molecule has 0 saturated carbocycles. The number of thioether (sulfide) groups is 1. The van der Waals surface area contributed by atoms with E-state index in [1.165, 1.54) is 16.8 Å². The molecule has 0 spiro atoms. The third-order valence-electron chi connectivity index (χ3n) is 2.63. The number of hydrogen-bond donors (Lipinski definition) is 0. The monoisotopic (exact) mass is 220 g/mol. The second-order valence-corrected chi connectivity index (χ2v) is 4.87. The summed E-state index contributed by atoms with van der Waals surface area (Å²) in [5, 5.41) is 1.15. The molecule has 0 saturated heterocycles. The van der Waals surface area contributed by atoms with E-state index in [0.29, 0.717) is 0 Å². The highest BCUT2D eigenvalue weighted by Gasteiger charge is 2.16. The summed E-state index contributed by atoms with van der Waals surface area (Å²) in [5.41, 5.74) is 3.92. The molecule has 1 heterocycles. The van der Waals surface area contributed by atoms with Gasteiger partial charge < -0.3 is 4.90 Å². The van der Waals surface area contributed by atoms with E-state index in [-0.39, 0.29) is 0 Å². The normalized spacial score (nSPS) is 15.3. The van der Waals surface area contributed by atoms with Crippen molar-refractivity contribution in [3.8, 4) is 0 Å². The molecule has 0 aliphatic carbocycles. The Hall–Kier alpha value is -0.960. The van der Waals surface area contributed by atoms with Crippen molar-refractivity contribution in [3.63, 3.8) is 0 Å². The van der Waals surface area contributed by atoms with Gasteiger partial charge in [0.25, 0.3) is 0 Å². The van der Waals surface area contributed by atoms with Gasteiger partial charge in [0.05, 0.1) is 6.54 Å². The number of nitrogens with zero attached hydrogens (tertiary/aromatic N) is 2. The summed E-state index contributed by atoms with van der Waals surface area (Å²) in [6.45, 7) is 5.26. The second kappa shape index (κ2) is 4.27. The van der Waals surface area contributed by atoms with Crippen LogP contribution in [0.5, 0.6) is 0 Å². The van der Waals surface area contributed by atoms with Gasteiger partial charge in [-0.1, -0.05) is 30.0 Å². The zero-order valence-electron chi connectivity index (χ0n) is 9.45. The van der Waals surface area contributed by atoms with Crippen molar-refractivity contribution in [3.05, 3.63) is 29.3 Å². The molecule has 15 heavy (non-hydrogen) atoms. The Morgan fingerprint density at radius 2 is 1.93 bits per heavy atom. The van der Waals surface area contributed by atoms with Crippen molar-refractivity contribution >= 4 is 22.6 Å². The lowest BCUT2D eigenvalue weighted by molar-refractivity contribution is 1.14. The molecule has 0 atom stereocenters. The fraction of sp³-hybridized carbons (Fsp3) is 0.417. The first-order valence-electron chi connectivity index (χ1n) is 5.17. The summed E-state index contributed by atoms with van der Waals surface area (Å²) in [7, 11) is 2.10. The lowest BCUT2D eigenvalue weighted by Crippen LogP contribution is -2.23. The molecule has 0 bridgehead atoms.